The molecular formula is C4H8NO. The molecule has 1 rings (SSSR count). The highest BCUT2D eigenvalue weighted by molar-refractivity contribution is 4.72. The summed E-state index contributed by atoms with van der Waals surface area (Å²) < 4.78 is 0. The van der Waals surface area contributed by atoms with Crippen molar-refractivity contribution in [2.45, 2.75) is 0 Å². The van der Waals surface area contributed by atoms with Gasteiger partial charge in [0.15, 0.2) is 0 Å². The van der Waals surface area contributed by atoms with E-state index in [1.807, 2.05) is 0 Å². The van der Waals surface area contributed by atoms with Crippen LogP contribution in [0.2, 0.25) is 0 Å². The van der Waals surface area contributed by atoms with Crippen LogP contribution in [-0.4, -0.2) is 19.7 Å². The van der Waals surface area contributed by atoms with Gasteiger partial charge in [-0.15, -0.1) is 0 Å². The van der Waals surface area contributed by atoms with Gasteiger partial charge in [-0.3, -0.25) is 0 Å². The van der Waals surface area contributed by atoms with E-state index < -0.39 is 0 Å². The van der Waals surface area contributed by atoms with Crippen LogP contribution < -0.4 is 5.32 Å². The van der Waals surface area contributed by atoms with Crippen LogP contribution in [0.15, 0.2) is 0 Å². The Labute approximate surface area is 37.2 Å². The fourth-order valence-electron chi connectivity index (χ4n) is 0.466. The molecule has 0 aromatic heterocycles. The predicted molar refractivity (Wildman–Crippen MR) is 21.9 cm³/mol. The van der Waals surface area contributed by atoms with Gasteiger partial charge in [-0.25, -0.2) is 5.11 Å². The average molecular weight is 86.1 g/mol. The molecule has 2 nitrogen and oxygen atoms in total. The van der Waals surface area contributed by atoms with Gasteiger partial charge < -0.3 is 5.32 Å². The molecule has 1 aliphatic rings. The Hall–Kier alpha value is -0.0800. The minimum atomic E-state index is 0.104. The Bertz CT molecular complexity index is 40.1. The minimum absolute atomic E-state index is 0.104. The summed E-state index contributed by atoms with van der Waals surface area (Å²) in [6.45, 7) is 2.00. The number of hydrogen-bond acceptors (Lipinski definition) is 1. The lowest BCUT2D eigenvalue weighted by atomic mass is 10.1. The lowest BCUT2D eigenvalue weighted by Gasteiger charge is -2.23. The molecule has 35 valence electrons. The van der Waals surface area contributed by atoms with Gasteiger partial charge in [0, 0.05) is 19.0 Å². The summed E-state index contributed by atoms with van der Waals surface area (Å²) in [5.41, 5.74) is 0. The molecule has 0 spiro atoms. The van der Waals surface area contributed by atoms with Gasteiger partial charge in [-0.1, -0.05) is 0 Å². The highest BCUT2D eigenvalue weighted by Gasteiger charge is 2.14. The molecule has 0 amide bonds. The van der Waals surface area contributed by atoms with Gasteiger partial charge in [0.1, 0.15) is 0 Å². The molecule has 1 heterocycles. The van der Waals surface area contributed by atoms with Crippen LogP contribution in [0.3, 0.4) is 0 Å². The summed E-state index contributed by atoms with van der Waals surface area (Å²) in [5, 5.41) is 12.9. The summed E-state index contributed by atoms with van der Waals surface area (Å²) in [6.07, 6.45) is 0. The zero-order valence-corrected chi connectivity index (χ0v) is 3.61. The monoisotopic (exact) mass is 86.1 g/mol. The van der Waals surface area contributed by atoms with Crippen molar-refractivity contribution in [2.24, 2.45) is 5.92 Å². The van der Waals surface area contributed by atoms with Crippen molar-refractivity contribution in [3.8, 4) is 0 Å². The van der Waals surface area contributed by atoms with Crippen LogP contribution in [0, 0.1) is 5.92 Å². The van der Waals surface area contributed by atoms with Gasteiger partial charge in [-0.2, -0.15) is 0 Å². The highest BCUT2D eigenvalue weighted by Crippen LogP contribution is 1.98. The third-order valence-electron chi connectivity index (χ3n) is 1.10. The predicted octanol–water partition coefficient (Wildman–Crippen LogP) is -0.364. The molecular weight excluding hydrogens is 78.0 g/mol. The highest BCUT2D eigenvalue weighted by atomic mass is 16.3. The molecule has 1 fully saturated rings. The third-order valence-corrected chi connectivity index (χ3v) is 1.10. The Morgan fingerprint density at radius 3 is 2.33 bits per heavy atom. The van der Waals surface area contributed by atoms with E-state index in [-0.39, 0.29) is 6.61 Å². The summed E-state index contributed by atoms with van der Waals surface area (Å²) in [7, 11) is 0. The van der Waals surface area contributed by atoms with E-state index >= 15 is 0 Å². The van der Waals surface area contributed by atoms with Crippen LogP contribution in [0.4, 0.5) is 0 Å². The van der Waals surface area contributed by atoms with Crippen molar-refractivity contribution < 1.29 is 5.11 Å². The van der Waals surface area contributed by atoms with Crippen molar-refractivity contribution in [2.75, 3.05) is 19.7 Å². The second kappa shape index (κ2) is 1.58. The normalized spacial score (nSPS) is 23.5. The SMILES string of the molecule is [O]CC1CNC1. The number of hydrogen-bond donors (Lipinski definition) is 1. The third kappa shape index (κ3) is 0.533. The number of rotatable bonds is 1. The molecule has 1 saturated heterocycles. The fraction of sp³-hybridized carbons (Fsp3) is 1.00. The minimum Gasteiger partial charge on any atom is -0.316 e. The molecule has 0 aromatic carbocycles. The van der Waals surface area contributed by atoms with Crippen molar-refractivity contribution in [1.29, 1.82) is 0 Å². The molecule has 0 aliphatic carbocycles. The number of nitrogens with one attached hydrogen (secondary N) is 1. The van der Waals surface area contributed by atoms with Crippen LogP contribution >= 0.6 is 0 Å². The first-order valence-corrected chi connectivity index (χ1v) is 2.22. The van der Waals surface area contributed by atoms with E-state index in [2.05, 4.69) is 5.32 Å². The smallest absolute Gasteiger partial charge is 0.0874 e. The molecule has 0 aromatic rings. The molecule has 2 heteroatoms. The molecule has 1 radical (unpaired) electrons. The maximum Gasteiger partial charge on any atom is 0.0874 e. The van der Waals surface area contributed by atoms with E-state index in [0.29, 0.717) is 5.92 Å². The van der Waals surface area contributed by atoms with E-state index in [0.717, 1.165) is 13.1 Å². The lowest BCUT2D eigenvalue weighted by molar-refractivity contribution is 0.115. The maximum atomic E-state index is 9.87. The zero-order chi connectivity index (χ0) is 4.41. The standard InChI is InChI=1S/C4H8NO/c6-3-4-1-5-2-4/h4-5H,1-3H2. The molecule has 0 atom stereocenters. The second-order valence-electron chi connectivity index (χ2n) is 1.69. The van der Waals surface area contributed by atoms with Gasteiger partial charge in [0.05, 0.1) is 6.61 Å². The van der Waals surface area contributed by atoms with Crippen LogP contribution in [0.1, 0.15) is 0 Å². The van der Waals surface area contributed by atoms with E-state index in [1.54, 1.807) is 0 Å². The van der Waals surface area contributed by atoms with E-state index in [4.69, 9.17) is 0 Å². The van der Waals surface area contributed by atoms with Crippen molar-refractivity contribution in [3.63, 3.8) is 0 Å². The molecule has 0 unspecified atom stereocenters. The Kier molecular flexibility index (Phi) is 1.08. The summed E-state index contributed by atoms with van der Waals surface area (Å²) in [4.78, 5) is 0. The molecule has 1 aliphatic heterocycles. The summed E-state index contributed by atoms with van der Waals surface area (Å²) >= 11 is 0. The van der Waals surface area contributed by atoms with Crippen molar-refractivity contribution >= 4 is 0 Å². The first kappa shape index (κ1) is 4.09. The molecule has 1 N–H and O–H groups in total. The first-order chi connectivity index (χ1) is 2.93. The van der Waals surface area contributed by atoms with E-state index in [1.165, 1.54) is 0 Å². The van der Waals surface area contributed by atoms with Gasteiger partial charge in [0.25, 0.3) is 0 Å². The Morgan fingerprint density at radius 2 is 2.33 bits per heavy atom. The first-order valence-electron chi connectivity index (χ1n) is 2.22. The Morgan fingerprint density at radius 1 is 1.67 bits per heavy atom. The lowest BCUT2D eigenvalue weighted by Crippen LogP contribution is -2.43. The fourth-order valence-corrected chi connectivity index (χ4v) is 0.466. The maximum absolute atomic E-state index is 9.87. The van der Waals surface area contributed by atoms with Crippen LogP contribution in [0.5, 0.6) is 0 Å². The summed E-state index contributed by atoms with van der Waals surface area (Å²) in [5.74, 6) is 0.449. The van der Waals surface area contributed by atoms with Crippen molar-refractivity contribution in [3.05, 3.63) is 0 Å². The molecule has 6 heavy (non-hydrogen) atoms. The quantitative estimate of drug-likeness (QED) is 0.464. The zero-order valence-electron chi connectivity index (χ0n) is 3.61. The molecule has 0 saturated carbocycles. The van der Waals surface area contributed by atoms with Gasteiger partial charge >= 0.3 is 0 Å². The average Bonchev–Trinajstić information content (AvgIpc) is 1.31. The summed E-state index contributed by atoms with van der Waals surface area (Å²) in [6, 6.07) is 0. The Balaban J connectivity index is 2.01. The van der Waals surface area contributed by atoms with Crippen molar-refractivity contribution in [1.82, 2.24) is 5.32 Å². The van der Waals surface area contributed by atoms with Crippen LogP contribution in [-0.2, 0) is 5.11 Å². The van der Waals surface area contributed by atoms with Gasteiger partial charge in [-0.05, 0) is 0 Å². The van der Waals surface area contributed by atoms with Crippen LogP contribution in [0.25, 0.3) is 0 Å². The van der Waals surface area contributed by atoms with Gasteiger partial charge in [0.2, 0.25) is 0 Å². The van der Waals surface area contributed by atoms with E-state index in [9.17, 15) is 5.11 Å². The topological polar surface area (TPSA) is 31.9 Å². The molecule has 0 bridgehead atoms. The largest absolute Gasteiger partial charge is 0.316 e. The second-order valence-corrected chi connectivity index (χ2v) is 1.69.